The number of nitrogens with zero attached hydrogens (tertiary/aromatic N) is 2. The topological polar surface area (TPSA) is 91.0 Å². The Kier molecular flexibility index (Phi) is 7.40. The third-order valence-electron chi connectivity index (χ3n) is 4.75. The van der Waals surface area contributed by atoms with Gasteiger partial charge in [0.05, 0.1) is 19.3 Å². The zero-order chi connectivity index (χ0) is 21.3. The summed E-state index contributed by atoms with van der Waals surface area (Å²) in [6.45, 7) is 2.49. The molecule has 1 fully saturated rings. The van der Waals surface area contributed by atoms with Crippen LogP contribution in [0.3, 0.4) is 0 Å². The fourth-order valence-electron chi connectivity index (χ4n) is 3.33. The second-order valence-electron chi connectivity index (χ2n) is 6.95. The number of urea groups is 1. The molecule has 0 spiro atoms. The molecule has 2 aromatic rings. The lowest BCUT2D eigenvalue weighted by Crippen LogP contribution is -2.50. The van der Waals surface area contributed by atoms with Gasteiger partial charge in [0.15, 0.2) is 0 Å². The van der Waals surface area contributed by atoms with Crippen LogP contribution in [0.25, 0.3) is 0 Å². The lowest BCUT2D eigenvalue weighted by molar-refractivity contribution is -0.141. The summed E-state index contributed by atoms with van der Waals surface area (Å²) in [5.41, 5.74) is 4.67. The van der Waals surface area contributed by atoms with Crippen molar-refractivity contribution < 1.29 is 19.1 Å². The molecule has 0 saturated carbocycles. The Morgan fingerprint density at radius 2 is 1.67 bits per heavy atom. The number of benzene rings is 2. The van der Waals surface area contributed by atoms with Gasteiger partial charge in [-0.3, -0.25) is 14.5 Å². The van der Waals surface area contributed by atoms with Gasteiger partial charge < -0.3 is 10.1 Å². The van der Waals surface area contributed by atoms with Gasteiger partial charge in [-0.15, -0.1) is 0 Å². The van der Waals surface area contributed by atoms with Gasteiger partial charge in [-0.1, -0.05) is 60.7 Å². The summed E-state index contributed by atoms with van der Waals surface area (Å²) in [5.74, 6) is -0.728. The summed E-state index contributed by atoms with van der Waals surface area (Å²) < 4.78 is 4.78. The number of carbonyl (C=O) groups excluding carboxylic acids is 3. The molecule has 0 aliphatic carbocycles. The van der Waals surface area contributed by atoms with E-state index in [1.54, 1.807) is 6.92 Å². The molecule has 1 saturated heterocycles. The number of carbonyl (C=O) groups is 3. The van der Waals surface area contributed by atoms with Crippen molar-refractivity contribution in [3.63, 3.8) is 0 Å². The summed E-state index contributed by atoms with van der Waals surface area (Å²) in [4.78, 5) is 38.6. The molecule has 3 rings (SSSR count). The fourth-order valence-corrected chi connectivity index (χ4v) is 3.33. The van der Waals surface area contributed by atoms with E-state index in [2.05, 4.69) is 10.7 Å². The highest BCUT2D eigenvalue weighted by molar-refractivity contribution is 5.87. The maximum absolute atomic E-state index is 13.0. The molecule has 2 N–H and O–H groups in total. The van der Waals surface area contributed by atoms with E-state index in [4.69, 9.17) is 4.74 Å². The first-order valence-corrected chi connectivity index (χ1v) is 9.90. The third-order valence-corrected chi connectivity index (χ3v) is 4.75. The molecule has 1 aliphatic rings. The van der Waals surface area contributed by atoms with Crippen LogP contribution in [0.4, 0.5) is 4.79 Å². The van der Waals surface area contributed by atoms with E-state index in [9.17, 15) is 14.4 Å². The van der Waals surface area contributed by atoms with Crippen molar-refractivity contribution >= 4 is 17.9 Å². The SMILES string of the molecule is CCOC(=O)CNC(=O)NN1CN(Cc2ccccc2)C(Cc2ccccc2)C1=O. The first kappa shape index (κ1) is 21.3. The largest absolute Gasteiger partial charge is 0.465 e. The van der Waals surface area contributed by atoms with Crippen molar-refractivity contribution in [3.8, 4) is 0 Å². The molecule has 8 heteroatoms. The fraction of sp³-hybridized carbons (Fsp3) is 0.318. The number of rotatable bonds is 8. The minimum atomic E-state index is -0.628. The lowest BCUT2D eigenvalue weighted by Gasteiger charge is -2.21. The van der Waals surface area contributed by atoms with Crippen molar-refractivity contribution in [2.75, 3.05) is 19.8 Å². The first-order valence-electron chi connectivity index (χ1n) is 9.90. The zero-order valence-electron chi connectivity index (χ0n) is 16.9. The van der Waals surface area contributed by atoms with Crippen LogP contribution in [0.5, 0.6) is 0 Å². The summed E-state index contributed by atoms with van der Waals surface area (Å²) in [5, 5.41) is 3.70. The van der Waals surface area contributed by atoms with Gasteiger partial charge in [0.2, 0.25) is 0 Å². The molecule has 2 aromatic carbocycles. The van der Waals surface area contributed by atoms with Gasteiger partial charge >= 0.3 is 12.0 Å². The van der Waals surface area contributed by atoms with E-state index < -0.39 is 18.0 Å². The second kappa shape index (κ2) is 10.4. The standard InChI is InChI=1S/C22H26N4O4/c1-2-30-20(27)14-23-22(29)24-26-16-25(15-18-11-7-4-8-12-18)19(21(26)28)13-17-9-5-3-6-10-17/h3-12,19H,2,13-16H2,1H3,(H2,23,24,29). The van der Waals surface area contributed by atoms with Crippen LogP contribution in [0.15, 0.2) is 60.7 Å². The summed E-state index contributed by atoms with van der Waals surface area (Å²) in [7, 11) is 0. The highest BCUT2D eigenvalue weighted by Crippen LogP contribution is 2.20. The molecule has 8 nitrogen and oxygen atoms in total. The van der Waals surface area contributed by atoms with Crippen LogP contribution in [0.2, 0.25) is 0 Å². The average molecular weight is 410 g/mol. The normalized spacial score (nSPS) is 16.4. The van der Waals surface area contributed by atoms with Gasteiger partial charge in [0.25, 0.3) is 5.91 Å². The second-order valence-corrected chi connectivity index (χ2v) is 6.95. The molecule has 1 unspecified atom stereocenters. The predicted octanol–water partition coefficient (Wildman–Crippen LogP) is 1.68. The lowest BCUT2D eigenvalue weighted by atomic mass is 10.0. The van der Waals surface area contributed by atoms with Gasteiger partial charge in [-0.25, -0.2) is 15.2 Å². The van der Waals surface area contributed by atoms with Crippen molar-refractivity contribution in [1.29, 1.82) is 0 Å². The Morgan fingerprint density at radius 1 is 1.03 bits per heavy atom. The molecule has 0 bridgehead atoms. The minimum Gasteiger partial charge on any atom is -0.465 e. The maximum atomic E-state index is 13.0. The van der Waals surface area contributed by atoms with Gasteiger partial charge in [-0.2, -0.15) is 0 Å². The zero-order valence-corrected chi connectivity index (χ0v) is 16.9. The molecule has 0 aromatic heterocycles. The van der Waals surface area contributed by atoms with Crippen molar-refractivity contribution in [2.45, 2.75) is 25.9 Å². The summed E-state index contributed by atoms with van der Waals surface area (Å²) >= 11 is 0. The Balaban J connectivity index is 1.67. The van der Waals surface area contributed by atoms with E-state index in [1.165, 1.54) is 5.01 Å². The molecular formula is C22H26N4O4. The van der Waals surface area contributed by atoms with E-state index >= 15 is 0 Å². The highest BCUT2D eigenvalue weighted by Gasteiger charge is 2.39. The van der Waals surface area contributed by atoms with Crippen molar-refractivity contribution in [2.24, 2.45) is 0 Å². The quantitative estimate of drug-likeness (QED) is 0.646. The van der Waals surface area contributed by atoms with Gasteiger partial charge in [0, 0.05) is 6.54 Å². The van der Waals surface area contributed by atoms with E-state index in [0.717, 1.165) is 11.1 Å². The van der Waals surface area contributed by atoms with Crippen LogP contribution < -0.4 is 10.7 Å². The maximum Gasteiger partial charge on any atom is 0.334 e. The van der Waals surface area contributed by atoms with Crippen LogP contribution in [-0.4, -0.2) is 53.7 Å². The van der Waals surface area contributed by atoms with E-state index in [0.29, 0.717) is 13.0 Å². The Bertz CT molecular complexity index is 860. The number of hydrazine groups is 1. The number of hydrogen-bond acceptors (Lipinski definition) is 5. The molecule has 1 atom stereocenters. The van der Waals surface area contributed by atoms with Crippen LogP contribution in [-0.2, 0) is 27.3 Å². The number of esters is 1. The molecular weight excluding hydrogens is 384 g/mol. The first-order chi connectivity index (χ1) is 14.6. The average Bonchev–Trinajstić information content (AvgIpc) is 3.03. The van der Waals surface area contributed by atoms with Crippen LogP contribution in [0.1, 0.15) is 18.1 Å². The molecule has 1 aliphatic heterocycles. The Hall–Kier alpha value is -3.39. The molecule has 30 heavy (non-hydrogen) atoms. The van der Waals surface area contributed by atoms with Crippen LogP contribution in [0, 0.1) is 0 Å². The molecule has 3 amide bonds. The molecule has 0 radical (unpaired) electrons. The number of amides is 3. The summed E-state index contributed by atoms with van der Waals surface area (Å²) in [6.07, 6.45) is 0.537. The minimum absolute atomic E-state index is 0.193. The van der Waals surface area contributed by atoms with E-state index in [-0.39, 0.29) is 25.7 Å². The number of ether oxygens (including phenoxy) is 1. The van der Waals surface area contributed by atoms with Crippen molar-refractivity contribution in [3.05, 3.63) is 71.8 Å². The van der Waals surface area contributed by atoms with Crippen molar-refractivity contribution in [1.82, 2.24) is 20.7 Å². The van der Waals surface area contributed by atoms with Crippen LogP contribution >= 0.6 is 0 Å². The Morgan fingerprint density at radius 3 is 2.30 bits per heavy atom. The third kappa shape index (κ3) is 5.81. The summed E-state index contributed by atoms with van der Waals surface area (Å²) in [6, 6.07) is 18.6. The van der Waals surface area contributed by atoms with Gasteiger partial charge in [-0.05, 0) is 24.5 Å². The predicted molar refractivity (Wildman–Crippen MR) is 111 cm³/mol. The highest BCUT2D eigenvalue weighted by atomic mass is 16.5. The number of nitrogens with one attached hydrogen (secondary N) is 2. The van der Waals surface area contributed by atoms with Gasteiger partial charge in [0.1, 0.15) is 6.54 Å². The van der Waals surface area contributed by atoms with E-state index in [1.807, 2.05) is 65.6 Å². The molecule has 158 valence electrons. The number of hydrogen-bond donors (Lipinski definition) is 2. The molecule has 1 heterocycles. The smallest absolute Gasteiger partial charge is 0.334 e. The Labute approximate surface area is 175 Å². The monoisotopic (exact) mass is 410 g/mol.